The summed E-state index contributed by atoms with van der Waals surface area (Å²) in [5.41, 5.74) is -0.790. The highest BCUT2D eigenvalue weighted by molar-refractivity contribution is 6.15. The first-order valence-electron chi connectivity index (χ1n) is 11.6. The predicted octanol–water partition coefficient (Wildman–Crippen LogP) is 4.13. The second-order valence-electron chi connectivity index (χ2n) is 7.98. The van der Waals surface area contributed by atoms with E-state index in [-0.39, 0.29) is 13.2 Å². The molecule has 3 aromatic carbocycles. The van der Waals surface area contributed by atoms with Crippen molar-refractivity contribution < 1.29 is 28.6 Å². The predicted molar refractivity (Wildman–Crippen MR) is 130 cm³/mol. The Labute approximate surface area is 204 Å². The molecular weight excluding hydrogens is 446 g/mol. The first-order chi connectivity index (χ1) is 17.1. The second kappa shape index (κ2) is 10.4. The van der Waals surface area contributed by atoms with Crippen LogP contribution < -0.4 is 9.64 Å². The third-order valence-electron chi connectivity index (χ3n) is 5.99. The molecule has 0 amide bonds. The quantitative estimate of drug-likeness (QED) is 0.276. The molecule has 7 heteroatoms. The Kier molecular flexibility index (Phi) is 7.15. The maximum absolute atomic E-state index is 13.6. The van der Waals surface area contributed by atoms with Gasteiger partial charge in [0.15, 0.2) is 0 Å². The summed E-state index contributed by atoms with van der Waals surface area (Å²) >= 11 is 0. The van der Waals surface area contributed by atoms with Crippen molar-refractivity contribution in [3.8, 4) is 5.75 Å². The van der Waals surface area contributed by atoms with Gasteiger partial charge >= 0.3 is 17.9 Å². The van der Waals surface area contributed by atoms with Gasteiger partial charge in [0.1, 0.15) is 11.8 Å². The van der Waals surface area contributed by atoms with Crippen LogP contribution in [-0.4, -0.2) is 42.7 Å². The third-order valence-corrected chi connectivity index (χ3v) is 5.99. The summed E-state index contributed by atoms with van der Waals surface area (Å²) in [4.78, 5) is 42.4. The van der Waals surface area contributed by atoms with E-state index in [1.165, 1.54) is 4.90 Å². The summed E-state index contributed by atoms with van der Waals surface area (Å²) in [6.45, 7) is 3.45. The van der Waals surface area contributed by atoms with Crippen LogP contribution in [0.3, 0.4) is 0 Å². The average molecular weight is 474 g/mol. The van der Waals surface area contributed by atoms with Gasteiger partial charge in [-0.15, -0.1) is 0 Å². The SMILES string of the molecule is CCOC(=O)C1(C(=O)OCC)C(c2ccccc2)C(C(=O)Oc2ccccc2)N1c1ccccc1. The maximum atomic E-state index is 13.6. The second-order valence-corrected chi connectivity index (χ2v) is 7.98. The van der Waals surface area contributed by atoms with Crippen molar-refractivity contribution in [1.82, 2.24) is 0 Å². The van der Waals surface area contributed by atoms with Gasteiger partial charge in [0.25, 0.3) is 0 Å². The molecular formula is C28H27NO6. The van der Waals surface area contributed by atoms with Crippen LogP contribution in [0, 0.1) is 0 Å². The first-order valence-corrected chi connectivity index (χ1v) is 11.6. The van der Waals surface area contributed by atoms with E-state index in [1.54, 1.807) is 86.6 Å². The van der Waals surface area contributed by atoms with E-state index in [2.05, 4.69) is 0 Å². The Morgan fingerprint density at radius 2 is 1.23 bits per heavy atom. The lowest BCUT2D eigenvalue weighted by Crippen LogP contribution is -2.81. The zero-order valence-corrected chi connectivity index (χ0v) is 19.6. The number of carbonyl (C=O) groups is 3. The summed E-state index contributed by atoms with van der Waals surface area (Å²) in [5.74, 6) is -2.70. The first kappa shape index (κ1) is 24.0. The van der Waals surface area contributed by atoms with Gasteiger partial charge in [-0.1, -0.05) is 66.7 Å². The zero-order valence-electron chi connectivity index (χ0n) is 19.6. The minimum absolute atomic E-state index is 0.0588. The number of para-hydroxylation sites is 2. The number of ether oxygens (including phenoxy) is 3. The smallest absolute Gasteiger partial charge is 0.344 e. The van der Waals surface area contributed by atoms with Crippen LogP contribution in [0.5, 0.6) is 5.75 Å². The molecule has 2 unspecified atom stereocenters. The third kappa shape index (κ3) is 4.25. The summed E-state index contributed by atoms with van der Waals surface area (Å²) in [5, 5.41) is 0. The van der Waals surface area contributed by atoms with Gasteiger partial charge in [0.05, 0.1) is 19.1 Å². The highest BCUT2D eigenvalue weighted by Crippen LogP contribution is 2.53. The van der Waals surface area contributed by atoms with Crippen LogP contribution in [0.25, 0.3) is 0 Å². The number of esters is 3. The Balaban J connectivity index is 1.91. The van der Waals surface area contributed by atoms with Crippen molar-refractivity contribution in [2.45, 2.75) is 31.3 Å². The fourth-order valence-electron chi connectivity index (χ4n) is 4.62. The topological polar surface area (TPSA) is 82.1 Å². The Morgan fingerprint density at radius 1 is 0.743 bits per heavy atom. The van der Waals surface area contributed by atoms with Crippen LogP contribution >= 0.6 is 0 Å². The lowest BCUT2D eigenvalue weighted by molar-refractivity contribution is -0.173. The number of rotatable bonds is 8. The molecule has 4 rings (SSSR count). The van der Waals surface area contributed by atoms with Gasteiger partial charge in [-0.2, -0.15) is 0 Å². The van der Waals surface area contributed by atoms with Crippen molar-refractivity contribution in [1.29, 1.82) is 0 Å². The van der Waals surface area contributed by atoms with E-state index >= 15 is 0 Å². The highest BCUT2D eigenvalue weighted by Gasteiger charge is 2.74. The van der Waals surface area contributed by atoms with Crippen LogP contribution in [0.2, 0.25) is 0 Å². The Bertz CT molecular complexity index is 1100. The van der Waals surface area contributed by atoms with E-state index < -0.39 is 35.4 Å². The lowest BCUT2D eigenvalue weighted by Gasteiger charge is -2.59. The summed E-state index contributed by atoms with van der Waals surface area (Å²) < 4.78 is 16.6. The molecule has 7 nitrogen and oxygen atoms in total. The number of hydrogen-bond acceptors (Lipinski definition) is 7. The molecule has 0 N–H and O–H groups in total. The molecule has 0 saturated carbocycles. The fraction of sp³-hybridized carbons (Fsp3) is 0.250. The molecule has 0 spiro atoms. The number of hydrogen-bond donors (Lipinski definition) is 0. The molecule has 1 aliphatic rings. The highest BCUT2D eigenvalue weighted by atomic mass is 16.6. The molecule has 3 aromatic rings. The molecule has 1 saturated heterocycles. The van der Waals surface area contributed by atoms with E-state index in [1.807, 2.05) is 18.2 Å². The molecule has 0 aromatic heterocycles. The normalized spacial score (nSPS) is 18.2. The number of anilines is 1. The minimum atomic E-state index is -1.91. The summed E-state index contributed by atoms with van der Waals surface area (Å²) in [7, 11) is 0. The van der Waals surface area contributed by atoms with Crippen LogP contribution in [0.15, 0.2) is 91.0 Å². The summed E-state index contributed by atoms with van der Waals surface area (Å²) in [6, 6.07) is 25.5. The molecule has 0 radical (unpaired) electrons. The van der Waals surface area contributed by atoms with Crippen molar-refractivity contribution in [3.05, 3.63) is 96.6 Å². The van der Waals surface area contributed by atoms with Gasteiger partial charge in [0.2, 0.25) is 5.54 Å². The minimum Gasteiger partial charge on any atom is -0.464 e. The molecule has 2 atom stereocenters. The molecule has 180 valence electrons. The average Bonchev–Trinajstić information content (AvgIpc) is 2.86. The lowest BCUT2D eigenvalue weighted by atomic mass is 9.63. The van der Waals surface area contributed by atoms with Crippen molar-refractivity contribution in [3.63, 3.8) is 0 Å². The molecule has 0 bridgehead atoms. The maximum Gasteiger partial charge on any atom is 0.344 e. The van der Waals surface area contributed by atoms with Crippen molar-refractivity contribution in [2.75, 3.05) is 18.1 Å². The van der Waals surface area contributed by atoms with E-state index in [0.29, 0.717) is 17.0 Å². The van der Waals surface area contributed by atoms with Gasteiger partial charge < -0.3 is 19.1 Å². The zero-order chi connectivity index (χ0) is 24.8. The van der Waals surface area contributed by atoms with Gasteiger partial charge in [-0.3, -0.25) is 0 Å². The van der Waals surface area contributed by atoms with E-state index in [9.17, 15) is 14.4 Å². The monoisotopic (exact) mass is 473 g/mol. The molecule has 1 heterocycles. The Morgan fingerprint density at radius 3 is 1.74 bits per heavy atom. The Hall–Kier alpha value is -4.13. The van der Waals surface area contributed by atoms with E-state index in [0.717, 1.165) is 0 Å². The molecule has 35 heavy (non-hydrogen) atoms. The molecule has 1 aliphatic heterocycles. The molecule has 0 aliphatic carbocycles. The van der Waals surface area contributed by atoms with Crippen LogP contribution in [0.4, 0.5) is 5.69 Å². The van der Waals surface area contributed by atoms with Gasteiger partial charge in [0, 0.05) is 5.69 Å². The number of benzene rings is 3. The number of nitrogens with zero attached hydrogens (tertiary/aromatic N) is 1. The van der Waals surface area contributed by atoms with Crippen molar-refractivity contribution in [2.24, 2.45) is 0 Å². The van der Waals surface area contributed by atoms with E-state index in [4.69, 9.17) is 14.2 Å². The summed E-state index contributed by atoms with van der Waals surface area (Å²) in [6.07, 6.45) is 0. The van der Waals surface area contributed by atoms with Gasteiger partial charge in [-0.05, 0) is 43.7 Å². The standard InChI is InChI=1S/C28H27NO6/c1-3-33-26(31)28(27(32)34-4-2)23(20-14-8-5-9-15-20)24(29(28)21-16-10-6-11-17-21)25(30)35-22-18-12-7-13-19-22/h5-19,23-24H,3-4H2,1-2H3. The fourth-order valence-corrected chi connectivity index (χ4v) is 4.62. The van der Waals surface area contributed by atoms with Crippen LogP contribution in [-0.2, 0) is 23.9 Å². The van der Waals surface area contributed by atoms with Gasteiger partial charge in [-0.25, -0.2) is 14.4 Å². The molecule has 1 fully saturated rings. The van der Waals surface area contributed by atoms with Crippen molar-refractivity contribution >= 4 is 23.6 Å². The number of carbonyl (C=O) groups excluding carboxylic acids is 3. The van der Waals surface area contributed by atoms with Crippen LogP contribution in [0.1, 0.15) is 25.3 Å². The largest absolute Gasteiger partial charge is 0.464 e.